The van der Waals surface area contributed by atoms with Crippen molar-refractivity contribution in [1.82, 2.24) is 9.88 Å². The first-order valence-corrected chi connectivity index (χ1v) is 7.60. The molecule has 1 aromatic carbocycles. The highest BCUT2D eigenvalue weighted by molar-refractivity contribution is 5.95. The van der Waals surface area contributed by atoms with Crippen LogP contribution in [0.15, 0.2) is 30.5 Å². The molecule has 4 nitrogen and oxygen atoms in total. The summed E-state index contributed by atoms with van der Waals surface area (Å²) in [7, 11) is 1.70. The second kappa shape index (κ2) is 7.27. The summed E-state index contributed by atoms with van der Waals surface area (Å²) in [5, 5.41) is 5.72. The van der Waals surface area contributed by atoms with Crippen molar-refractivity contribution in [2.45, 2.75) is 26.8 Å². The highest BCUT2D eigenvalue weighted by Gasteiger charge is 2.11. The molecule has 1 unspecified atom stereocenters. The number of hydrogen-bond acceptors (Lipinski definition) is 4. The third-order valence-electron chi connectivity index (χ3n) is 3.80. The Balaban J connectivity index is 2.22. The van der Waals surface area contributed by atoms with E-state index in [1.165, 1.54) is 0 Å². The van der Waals surface area contributed by atoms with Crippen LogP contribution in [0.5, 0.6) is 5.75 Å². The van der Waals surface area contributed by atoms with Crippen LogP contribution in [0.1, 0.15) is 20.8 Å². The molecule has 1 aromatic heterocycles. The van der Waals surface area contributed by atoms with Crippen LogP contribution < -0.4 is 10.1 Å². The van der Waals surface area contributed by atoms with Gasteiger partial charge < -0.3 is 15.0 Å². The van der Waals surface area contributed by atoms with Crippen LogP contribution in [0.2, 0.25) is 0 Å². The SMILES string of the molecule is CCN(CC)CC(C)Nc1nccc2c(OC)cccc12. The molecule has 0 fully saturated rings. The van der Waals surface area contributed by atoms with E-state index >= 15 is 0 Å². The highest BCUT2D eigenvalue weighted by atomic mass is 16.5. The molecule has 0 aliphatic rings. The van der Waals surface area contributed by atoms with Gasteiger partial charge in [-0.2, -0.15) is 0 Å². The van der Waals surface area contributed by atoms with E-state index in [0.717, 1.165) is 42.0 Å². The molecule has 0 spiro atoms. The molecule has 114 valence electrons. The third-order valence-corrected chi connectivity index (χ3v) is 3.80. The second-order valence-corrected chi connectivity index (χ2v) is 5.25. The molecule has 0 aliphatic carbocycles. The van der Waals surface area contributed by atoms with Gasteiger partial charge in [-0.3, -0.25) is 0 Å². The van der Waals surface area contributed by atoms with Crippen LogP contribution in [-0.4, -0.2) is 42.7 Å². The molecule has 2 aromatic rings. The smallest absolute Gasteiger partial charge is 0.134 e. The number of anilines is 1. The third kappa shape index (κ3) is 3.64. The predicted molar refractivity (Wildman–Crippen MR) is 89.2 cm³/mol. The Labute approximate surface area is 127 Å². The van der Waals surface area contributed by atoms with Gasteiger partial charge in [0.1, 0.15) is 11.6 Å². The number of aromatic nitrogens is 1. The van der Waals surface area contributed by atoms with Crippen LogP contribution in [0.3, 0.4) is 0 Å². The fourth-order valence-corrected chi connectivity index (χ4v) is 2.62. The molecule has 21 heavy (non-hydrogen) atoms. The Morgan fingerprint density at radius 3 is 2.62 bits per heavy atom. The van der Waals surface area contributed by atoms with Gasteiger partial charge in [0.05, 0.1) is 7.11 Å². The normalized spacial score (nSPS) is 12.6. The van der Waals surface area contributed by atoms with Gasteiger partial charge in [0.2, 0.25) is 0 Å². The Hall–Kier alpha value is -1.81. The molecule has 2 rings (SSSR count). The van der Waals surface area contributed by atoms with E-state index in [4.69, 9.17) is 4.74 Å². The molecular weight excluding hydrogens is 262 g/mol. The number of ether oxygens (including phenoxy) is 1. The average Bonchev–Trinajstić information content (AvgIpc) is 2.52. The summed E-state index contributed by atoms with van der Waals surface area (Å²) >= 11 is 0. The molecule has 0 saturated carbocycles. The van der Waals surface area contributed by atoms with Crippen LogP contribution in [0.4, 0.5) is 5.82 Å². The van der Waals surface area contributed by atoms with E-state index in [1.807, 2.05) is 24.4 Å². The maximum absolute atomic E-state index is 5.42. The van der Waals surface area contributed by atoms with E-state index < -0.39 is 0 Å². The van der Waals surface area contributed by atoms with Crippen molar-refractivity contribution < 1.29 is 4.74 Å². The summed E-state index contributed by atoms with van der Waals surface area (Å²) in [5.74, 6) is 1.81. The summed E-state index contributed by atoms with van der Waals surface area (Å²) in [5.41, 5.74) is 0. The fourth-order valence-electron chi connectivity index (χ4n) is 2.62. The minimum absolute atomic E-state index is 0.342. The van der Waals surface area contributed by atoms with Crippen molar-refractivity contribution in [3.63, 3.8) is 0 Å². The zero-order valence-electron chi connectivity index (χ0n) is 13.4. The van der Waals surface area contributed by atoms with Gasteiger partial charge in [-0.05, 0) is 32.1 Å². The molecule has 1 N–H and O–H groups in total. The van der Waals surface area contributed by atoms with Gasteiger partial charge in [-0.15, -0.1) is 0 Å². The van der Waals surface area contributed by atoms with E-state index in [9.17, 15) is 0 Å². The summed E-state index contributed by atoms with van der Waals surface area (Å²) in [6.45, 7) is 9.72. The number of nitrogens with one attached hydrogen (secondary N) is 1. The molecule has 0 saturated heterocycles. The van der Waals surface area contributed by atoms with E-state index in [2.05, 4.69) is 42.0 Å². The second-order valence-electron chi connectivity index (χ2n) is 5.25. The zero-order valence-corrected chi connectivity index (χ0v) is 13.4. The minimum Gasteiger partial charge on any atom is -0.496 e. The maximum atomic E-state index is 5.42. The standard InChI is InChI=1S/C17H25N3O/c1-5-20(6-2)12-13(3)19-17-15-8-7-9-16(21-4)14(15)10-11-18-17/h7-11,13H,5-6,12H2,1-4H3,(H,18,19). The van der Waals surface area contributed by atoms with Crippen LogP contribution >= 0.6 is 0 Å². The minimum atomic E-state index is 0.342. The van der Waals surface area contributed by atoms with Crippen molar-refractivity contribution in [2.75, 3.05) is 32.1 Å². The number of fused-ring (bicyclic) bond motifs is 1. The Morgan fingerprint density at radius 1 is 1.19 bits per heavy atom. The van der Waals surface area contributed by atoms with Gasteiger partial charge >= 0.3 is 0 Å². The van der Waals surface area contributed by atoms with Crippen LogP contribution in [0.25, 0.3) is 10.8 Å². The van der Waals surface area contributed by atoms with Crippen LogP contribution in [0, 0.1) is 0 Å². The van der Waals surface area contributed by atoms with Gasteiger partial charge in [-0.1, -0.05) is 26.0 Å². The summed E-state index contributed by atoms with van der Waals surface area (Å²) in [6.07, 6.45) is 1.83. The van der Waals surface area contributed by atoms with Crippen molar-refractivity contribution in [2.24, 2.45) is 0 Å². The Bertz CT molecular complexity index is 581. The van der Waals surface area contributed by atoms with Gasteiger partial charge in [0, 0.05) is 29.6 Å². The maximum Gasteiger partial charge on any atom is 0.134 e. The average molecular weight is 287 g/mol. The van der Waals surface area contributed by atoms with Crippen LogP contribution in [-0.2, 0) is 0 Å². The molecule has 1 heterocycles. The lowest BCUT2D eigenvalue weighted by atomic mass is 10.1. The first-order chi connectivity index (χ1) is 10.2. The monoisotopic (exact) mass is 287 g/mol. The first kappa shape index (κ1) is 15.6. The number of hydrogen-bond donors (Lipinski definition) is 1. The molecule has 4 heteroatoms. The molecule has 1 atom stereocenters. The van der Waals surface area contributed by atoms with E-state index in [1.54, 1.807) is 7.11 Å². The predicted octanol–water partition coefficient (Wildman–Crippen LogP) is 3.39. The Kier molecular flexibility index (Phi) is 5.39. The number of benzene rings is 1. The topological polar surface area (TPSA) is 37.4 Å². The Morgan fingerprint density at radius 2 is 1.95 bits per heavy atom. The van der Waals surface area contributed by atoms with Gasteiger partial charge in [0.25, 0.3) is 0 Å². The number of likely N-dealkylation sites (N-methyl/N-ethyl adjacent to an activating group) is 1. The first-order valence-electron chi connectivity index (χ1n) is 7.60. The summed E-state index contributed by atoms with van der Waals surface area (Å²) < 4.78 is 5.42. The number of nitrogens with zero attached hydrogens (tertiary/aromatic N) is 2. The molecule has 0 amide bonds. The quantitative estimate of drug-likeness (QED) is 0.847. The molecule has 0 bridgehead atoms. The van der Waals surface area contributed by atoms with Gasteiger partial charge in [-0.25, -0.2) is 4.98 Å². The largest absolute Gasteiger partial charge is 0.496 e. The summed E-state index contributed by atoms with van der Waals surface area (Å²) in [6, 6.07) is 8.40. The number of pyridine rings is 1. The van der Waals surface area contributed by atoms with Gasteiger partial charge in [0.15, 0.2) is 0 Å². The lowest BCUT2D eigenvalue weighted by Gasteiger charge is -2.24. The molecule has 0 radical (unpaired) electrons. The van der Waals surface area contributed by atoms with Crippen molar-refractivity contribution in [3.05, 3.63) is 30.5 Å². The van der Waals surface area contributed by atoms with E-state index in [0.29, 0.717) is 6.04 Å². The molecule has 0 aliphatic heterocycles. The van der Waals surface area contributed by atoms with Crippen molar-refractivity contribution in [3.8, 4) is 5.75 Å². The molecular formula is C17H25N3O. The zero-order chi connectivity index (χ0) is 15.2. The lowest BCUT2D eigenvalue weighted by Crippen LogP contribution is -2.34. The number of rotatable bonds is 7. The number of methoxy groups -OCH3 is 1. The highest BCUT2D eigenvalue weighted by Crippen LogP contribution is 2.29. The van der Waals surface area contributed by atoms with E-state index in [-0.39, 0.29) is 0 Å². The lowest BCUT2D eigenvalue weighted by molar-refractivity contribution is 0.294. The van der Waals surface area contributed by atoms with Crippen molar-refractivity contribution in [1.29, 1.82) is 0 Å². The summed E-state index contributed by atoms with van der Waals surface area (Å²) in [4.78, 5) is 6.90. The van der Waals surface area contributed by atoms with Crippen molar-refractivity contribution >= 4 is 16.6 Å². The fraction of sp³-hybridized carbons (Fsp3) is 0.471.